The van der Waals surface area contributed by atoms with Crippen molar-refractivity contribution in [2.24, 2.45) is 0 Å². The van der Waals surface area contributed by atoms with E-state index in [1.807, 2.05) is 0 Å². The Bertz CT molecular complexity index is 523. The molecule has 1 aromatic carbocycles. The third-order valence-corrected chi connectivity index (χ3v) is 2.27. The fourth-order valence-electron chi connectivity index (χ4n) is 1.35. The van der Waals surface area contributed by atoms with Crippen molar-refractivity contribution < 1.29 is 13.6 Å². The van der Waals surface area contributed by atoms with Gasteiger partial charge in [-0.2, -0.15) is 0 Å². The summed E-state index contributed by atoms with van der Waals surface area (Å²) >= 11 is 0. The molecule has 2 aromatic rings. The van der Waals surface area contributed by atoms with Crippen LogP contribution in [-0.4, -0.2) is 5.91 Å². The number of nitrogens with two attached hydrogens (primary N) is 1. The lowest BCUT2D eigenvalue weighted by atomic mass is 10.2. The van der Waals surface area contributed by atoms with E-state index in [0.29, 0.717) is 5.76 Å². The van der Waals surface area contributed by atoms with Gasteiger partial charge in [-0.15, -0.1) is 0 Å². The van der Waals surface area contributed by atoms with Crippen LogP contribution in [-0.2, 0) is 6.54 Å². The van der Waals surface area contributed by atoms with Gasteiger partial charge in [-0.1, -0.05) is 0 Å². The fourth-order valence-corrected chi connectivity index (χ4v) is 1.35. The highest BCUT2D eigenvalue weighted by molar-refractivity contribution is 5.94. The lowest BCUT2D eigenvalue weighted by molar-refractivity contribution is 0.0947. The van der Waals surface area contributed by atoms with Gasteiger partial charge in [0, 0.05) is 5.56 Å². The number of carbonyl (C=O) groups excluding carboxylic acids is 1. The van der Waals surface area contributed by atoms with Crippen LogP contribution in [0.5, 0.6) is 0 Å². The minimum Gasteiger partial charge on any atom is -0.467 e. The Morgan fingerprint density at radius 2 is 2.24 bits per heavy atom. The van der Waals surface area contributed by atoms with E-state index in [4.69, 9.17) is 10.2 Å². The Kier molecular flexibility index (Phi) is 3.09. The zero-order valence-electron chi connectivity index (χ0n) is 8.94. The summed E-state index contributed by atoms with van der Waals surface area (Å²) in [5.41, 5.74) is 5.56. The summed E-state index contributed by atoms with van der Waals surface area (Å²) in [5.74, 6) is -0.342. The average Bonchev–Trinajstić information content (AvgIpc) is 2.82. The second-order valence-corrected chi connectivity index (χ2v) is 3.50. The van der Waals surface area contributed by atoms with Crippen LogP contribution in [0.4, 0.5) is 10.1 Å². The van der Waals surface area contributed by atoms with Gasteiger partial charge in [-0.05, 0) is 30.3 Å². The monoisotopic (exact) mass is 234 g/mol. The highest BCUT2D eigenvalue weighted by Crippen LogP contribution is 2.12. The summed E-state index contributed by atoms with van der Waals surface area (Å²) < 4.78 is 18.2. The van der Waals surface area contributed by atoms with Crippen LogP contribution in [0.15, 0.2) is 41.0 Å². The van der Waals surface area contributed by atoms with E-state index in [0.717, 1.165) is 6.07 Å². The van der Waals surface area contributed by atoms with Crippen LogP contribution < -0.4 is 11.1 Å². The molecule has 1 amide bonds. The van der Waals surface area contributed by atoms with Crippen molar-refractivity contribution in [2.45, 2.75) is 6.54 Å². The number of furan rings is 1. The molecule has 0 radical (unpaired) electrons. The molecule has 0 saturated heterocycles. The molecule has 88 valence electrons. The quantitative estimate of drug-likeness (QED) is 0.797. The third-order valence-electron chi connectivity index (χ3n) is 2.27. The van der Waals surface area contributed by atoms with Gasteiger partial charge in [-0.25, -0.2) is 4.39 Å². The molecule has 5 heteroatoms. The Morgan fingerprint density at radius 3 is 2.88 bits per heavy atom. The standard InChI is InChI=1S/C12H11FN2O2/c13-10-6-8(3-4-11(10)14)12(16)15-7-9-2-1-5-17-9/h1-6H,7,14H2,(H,15,16). The SMILES string of the molecule is Nc1ccc(C(=O)NCc2ccco2)cc1F. The number of nitrogens with one attached hydrogen (secondary N) is 1. The molecule has 17 heavy (non-hydrogen) atoms. The topological polar surface area (TPSA) is 68.3 Å². The molecule has 0 unspecified atom stereocenters. The number of halogens is 1. The van der Waals surface area contributed by atoms with Gasteiger partial charge >= 0.3 is 0 Å². The van der Waals surface area contributed by atoms with Gasteiger partial charge in [0.25, 0.3) is 5.91 Å². The molecular formula is C12H11FN2O2. The Morgan fingerprint density at radius 1 is 1.41 bits per heavy atom. The number of amides is 1. The van der Waals surface area contributed by atoms with Gasteiger partial charge in [0.1, 0.15) is 11.6 Å². The summed E-state index contributed by atoms with van der Waals surface area (Å²) in [6, 6.07) is 7.40. The summed E-state index contributed by atoms with van der Waals surface area (Å²) in [5, 5.41) is 2.61. The van der Waals surface area contributed by atoms with Crippen molar-refractivity contribution in [1.29, 1.82) is 0 Å². The van der Waals surface area contributed by atoms with Crippen LogP contribution in [0.2, 0.25) is 0 Å². The zero-order chi connectivity index (χ0) is 12.3. The van der Waals surface area contributed by atoms with Crippen LogP contribution >= 0.6 is 0 Å². The third kappa shape index (κ3) is 2.63. The van der Waals surface area contributed by atoms with E-state index >= 15 is 0 Å². The number of hydrogen-bond acceptors (Lipinski definition) is 3. The first-order valence-corrected chi connectivity index (χ1v) is 5.02. The first-order chi connectivity index (χ1) is 8.16. The lowest BCUT2D eigenvalue weighted by Crippen LogP contribution is -2.22. The molecule has 0 saturated carbocycles. The number of carbonyl (C=O) groups is 1. The van der Waals surface area contributed by atoms with Gasteiger partial charge < -0.3 is 15.5 Å². The van der Waals surface area contributed by atoms with Crippen molar-refractivity contribution in [2.75, 3.05) is 5.73 Å². The summed E-state index contributed by atoms with van der Waals surface area (Å²) in [4.78, 5) is 11.6. The molecule has 0 atom stereocenters. The van der Waals surface area contributed by atoms with Crippen molar-refractivity contribution in [3.63, 3.8) is 0 Å². The molecule has 0 aliphatic rings. The predicted molar refractivity (Wildman–Crippen MR) is 60.7 cm³/mol. The zero-order valence-corrected chi connectivity index (χ0v) is 8.94. The second kappa shape index (κ2) is 4.69. The van der Waals surface area contributed by atoms with E-state index in [2.05, 4.69) is 5.32 Å². The van der Waals surface area contributed by atoms with E-state index < -0.39 is 5.82 Å². The molecule has 0 fully saturated rings. The van der Waals surface area contributed by atoms with Crippen LogP contribution in [0.3, 0.4) is 0 Å². The molecule has 0 aliphatic carbocycles. The van der Waals surface area contributed by atoms with E-state index in [9.17, 15) is 9.18 Å². The molecule has 4 nitrogen and oxygen atoms in total. The normalized spacial score (nSPS) is 10.2. The molecule has 0 bridgehead atoms. The fraction of sp³-hybridized carbons (Fsp3) is 0.0833. The predicted octanol–water partition coefficient (Wildman–Crippen LogP) is 1.93. The molecule has 1 aromatic heterocycles. The summed E-state index contributed by atoms with van der Waals surface area (Å²) in [6.07, 6.45) is 1.52. The molecule has 3 N–H and O–H groups in total. The van der Waals surface area contributed by atoms with Crippen molar-refractivity contribution in [3.8, 4) is 0 Å². The lowest BCUT2D eigenvalue weighted by Gasteiger charge is -2.04. The van der Waals surface area contributed by atoms with Crippen LogP contribution in [0.1, 0.15) is 16.1 Å². The van der Waals surface area contributed by atoms with E-state index in [1.54, 1.807) is 12.1 Å². The molecule has 0 spiro atoms. The number of anilines is 1. The van der Waals surface area contributed by atoms with E-state index in [-0.39, 0.29) is 23.7 Å². The van der Waals surface area contributed by atoms with Crippen molar-refractivity contribution in [3.05, 3.63) is 53.7 Å². The summed E-state index contributed by atoms with van der Waals surface area (Å²) in [7, 11) is 0. The maximum absolute atomic E-state index is 13.1. The highest BCUT2D eigenvalue weighted by atomic mass is 19.1. The maximum atomic E-state index is 13.1. The Labute approximate surface area is 97.2 Å². The molecular weight excluding hydrogens is 223 g/mol. The van der Waals surface area contributed by atoms with Crippen LogP contribution in [0, 0.1) is 5.82 Å². The molecule has 1 heterocycles. The highest BCUT2D eigenvalue weighted by Gasteiger charge is 2.08. The number of benzene rings is 1. The maximum Gasteiger partial charge on any atom is 0.251 e. The largest absolute Gasteiger partial charge is 0.467 e. The first-order valence-electron chi connectivity index (χ1n) is 5.02. The summed E-state index contributed by atoms with van der Waals surface area (Å²) in [6.45, 7) is 0.262. The minimum absolute atomic E-state index is 0.0209. The van der Waals surface area contributed by atoms with E-state index in [1.165, 1.54) is 18.4 Å². The Balaban J connectivity index is 2.02. The van der Waals surface area contributed by atoms with Gasteiger partial charge in [0.05, 0.1) is 18.5 Å². The number of hydrogen-bond donors (Lipinski definition) is 2. The van der Waals surface area contributed by atoms with Gasteiger partial charge in [0.2, 0.25) is 0 Å². The smallest absolute Gasteiger partial charge is 0.251 e. The molecule has 0 aliphatic heterocycles. The van der Waals surface area contributed by atoms with Crippen molar-refractivity contribution >= 4 is 11.6 Å². The number of rotatable bonds is 3. The Hall–Kier alpha value is -2.30. The number of nitrogen functional groups attached to an aromatic ring is 1. The van der Waals surface area contributed by atoms with Gasteiger partial charge in [0.15, 0.2) is 0 Å². The van der Waals surface area contributed by atoms with Gasteiger partial charge in [-0.3, -0.25) is 4.79 Å². The first kappa shape index (κ1) is 11.2. The molecule has 2 rings (SSSR count). The van der Waals surface area contributed by atoms with Crippen LogP contribution in [0.25, 0.3) is 0 Å². The second-order valence-electron chi connectivity index (χ2n) is 3.50. The van der Waals surface area contributed by atoms with Crippen molar-refractivity contribution in [1.82, 2.24) is 5.32 Å². The minimum atomic E-state index is -0.601. The average molecular weight is 234 g/mol.